The van der Waals surface area contributed by atoms with Crippen molar-refractivity contribution in [2.75, 3.05) is 19.6 Å². The van der Waals surface area contributed by atoms with Gasteiger partial charge in [0, 0.05) is 19.6 Å². The normalized spacial score (nSPS) is 23.0. The third-order valence-electron chi connectivity index (χ3n) is 5.15. The first kappa shape index (κ1) is 19.7. The van der Waals surface area contributed by atoms with Gasteiger partial charge in [-0.2, -0.15) is 0 Å². The van der Waals surface area contributed by atoms with Crippen LogP contribution in [0.3, 0.4) is 0 Å². The Balaban J connectivity index is 2.04. The average molecular weight is 353 g/mol. The van der Waals surface area contributed by atoms with E-state index in [1.807, 2.05) is 6.92 Å². The maximum Gasteiger partial charge on any atom is 0.329 e. The number of hydrogen-bond acceptors (Lipinski definition) is 5. The van der Waals surface area contributed by atoms with Crippen LogP contribution in [0.2, 0.25) is 0 Å². The highest BCUT2D eigenvalue weighted by molar-refractivity contribution is 6.09. The molecule has 2 aliphatic heterocycles. The summed E-state index contributed by atoms with van der Waals surface area (Å²) in [6.07, 6.45) is 1.61. The molecule has 3 amide bonds. The van der Waals surface area contributed by atoms with E-state index in [9.17, 15) is 14.4 Å². The molecule has 1 N–H and O–H groups in total. The van der Waals surface area contributed by atoms with Crippen LogP contribution in [0, 0.1) is 5.92 Å². The van der Waals surface area contributed by atoms with Crippen LogP contribution in [-0.4, -0.2) is 65.0 Å². The monoisotopic (exact) mass is 353 g/mol. The second kappa shape index (κ2) is 7.72. The lowest BCUT2D eigenvalue weighted by Gasteiger charge is -2.38. The van der Waals surface area contributed by atoms with Gasteiger partial charge in [0.1, 0.15) is 11.6 Å². The van der Waals surface area contributed by atoms with Crippen LogP contribution in [0.25, 0.3) is 0 Å². The highest BCUT2D eigenvalue weighted by atomic mass is 16.5. The molecule has 7 heteroatoms. The van der Waals surface area contributed by atoms with E-state index < -0.39 is 23.6 Å². The summed E-state index contributed by atoms with van der Waals surface area (Å²) in [4.78, 5) is 40.9. The van der Waals surface area contributed by atoms with E-state index in [2.05, 4.69) is 24.1 Å². The molecule has 1 spiro atoms. The second-order valence-corrected chi connectivity index (χ2v) is 7.71. The summed E-state index contributed by atoms with van der Waals surface area (Å²) >= 11 is 0. The zero-order valence-electron chi connectivity index (χ0n) is 16.0. The lowest BCUT2D eigenvalue weighted by molar-refractivity contribution is -0.156. The molecule has 0 saturated carbocycles. The van der Waals surface area contributed by atoms with Crippen LogP contribution in [0.15, 0.2) is 0 Å². The van der Waals surface area contributed by atoms with Crippen LogP contribution in [-0.2, 0) is 14.3 Å². The van der Waals surface area contributed by atoms with E-state index >= 15 is 0 Å². The molecular weight excluding hydrogens is 322 g/mol. The molecule has 2 atom stereocenters. The van der Waals surface area contributed by atoms with Gasteiger partial charge in [-0.1, -0.05) is 20.8 Å². The molecule has 2 rings (SSSR count). The zero-order valence-corrected chi connectivity index (χ0v) is 16.0. The van der Waals surface area contributed by atoms with Crippen molar-refractivity contribution in [1.82, 2.24) is 15.1 Å². The quantitative estimate of drug-likeness (QED) is 0.581. The standard InChI is InChI=1S/C18H31N3O4/c1-6-13(4)25-15(22)14(5)21-16(23)18(19-17(21)24)7-9-20(10-8-18)11-12(2)3/h12-14H,6-11H2,1-5H3,(H,19,24). The Morgan fingerprint density at radius 2 is 1.80 bits per heavy atom. The van der Waals surface area contributed by atoms with E-state index in [1.165, 1.54) is 0 Å². The molecule has 0 aromatic rings. The molecular formula is C18H31N3O4. The fourth-order valence-corrected chi connectivity index (χ4v) is 3.45. The molecule has 2 fully saturated rings. The average Bonchev–Trinajstić information content (AvgIpc) is 2.79. The Bertz CT molecular complexity index is 526. The fraction of sp³-hybridized carbons (Fsp3) is 0.833. The van der Waals surface area contributed by atoms with Gasteiger partial charge in [-0.3, -0.25) is 4.79 Å². The van der Waals surface area contributed by atoms with Crippen LogP contribution in [0.5, 0.6) is 0 Å². The van der Waals surface area contributed by atoms with Crippen molar-refractivity contribution in [1.29, 1.82) is 0 Å². The fourth-order valence-electron chi connectivity index (χ4n) is 3.45. The maximum atomic E-state index is 12.9. The molecule has 0 radical (unpaired) electrons. The molecule has 0 aromatic carbocycles. The Morgan fingerprint density at radius 1 is 1.20 bits per heavy atom. The summed E-state index contributed by atoms with van der Waals surface area (Å²) in [5.41, 5.74) is -0.866. The van der Waals surface area contributed by atoms with Crippen molar-refractivity contribution >= 4 is 17.9 Å². The topological polar surface area (TPSA) is 79.0 Å². The van der Waals surface area contributed by atoms with Crippen molar-refractivity contribution in [3.8, 4) is 0 Å². The molecule has 0 aromatic heterocycles. The minimum Gasteiger partial charge on any atom is -0.461 e. The summed E-state index contributed by atoms with van der Waals surface area (Å²) in [6.45, 7) is 12.1. The molecule has 2 aliphatic rings. The minimum absolute atomic E-state index is 0.232. The maximum absolute atomic E-state index is 12.9. The number of carbonyl (C=O) groups excluding carboxylic acids is 3. The van der Waals surface area contributed by atoms with E-state index in [0.717, 1.165) is 24.5 Å². The number of imide groups is 1. The number of nitrogens with zero attached hydrogens (tertiary/aromatic N) is 2. The first-order chi connectivity index (χ1) is 11.7. The number of esters is 1. The van der Waals surface area contributed by atoms with Gasteiger partial charge in [0.2, 0.25) is 0 Å². The molecule has 142 valence electrons. The van der Waals surface area contributed by atoms with Gasteiger partial charge >= 0.3 is 12.0 Å². The van der Waals surface area contributed by atoms with Crippen LogP contribution in [0.4, 0.5) is 4.79 Å². The van der Waals surface area contributed by atoms with Crippen molar-refractivity contribution in [3.63, 3.8) is 0 Å². The summed E-state index contributed by atoms with van der Waals surface area (Å²) in [7, 11) is 0. The smallest absolute Gasteiger partial charge is 0.329 e. The first-order valence-corrected chi connectivity index (χ1v) is 9.29. The molecule has 2 saturated heterocycles. The van der Waals surface area contributed by atoms with Gasteiger partial charge < -0.3 is 15.0 Å². The van der Waals surface area contributed by atoms with E-state index in [-0.39, 0.29) is 12.0 Å². The molecule has 25 heavy (non-hydrogen) atoms. The van der Waals surface area contributed by atoms with Gasteiger partial charge in [-0.25, -0.2) is 14.5 Å². The van der Waals surface area contributed by atoms with Crippen molar-refractivity contribution in [2.24, 2.45) is 5.92 Å². The van der Waals surface area contributed by atoms with E-state index in [0.29, 0.717) is 25.2 Å². The van der Waals surface area contributed by atoms with Crippen molar-refractivity contribution in [3.05, 3.63) is 0 Å². The van der Waals surface area contributed by atoms with Crippen molar-refractivity contribution in [2.45, 2.75) is 71.6 Å². The summed E-state index contributed by atoms with van der Waals surface area (Å²) in [5, 5.41) is 2.85. The Labute approximate surface area is 150 Å². The number of piperidine rings is 1. The van der Waals surface area contributed by atoms with Gasteiger partial charge in [0.25, 0.3) is 5.91 Å². The molecule has 0 aliphatic carbocycles. The Morgan fingerprint density at radius 3 is 2.32 bits per heavy atom. The van der Waals surface area contributed by atoms with E-state index in [1.54, 1.807) is 13.8 Å². The van der Waals surface area contributed by atoms with E-state index in [4.69, 9.17) is 4.74 Å². The Kier molecular flexibility index (Phi) is 6.08. The van der Waals surface area contributed by atoms with Crippen LogP contribution < -0.4 is 5.32 Å². The number of ether oxygens (including phenoxy) is 1. The van der Waals surface area contributed by atoms with Crippen molar-refractivity contribution < 1.29 is 19.1 Å². The second-order valence-electron chi connectivity index (χ2n) is 7.71. The SMILES string of the molecule is CCC(C)OC(=O)C(C)N1C(=O)NC2(CCN(CC(C)C)CC2)C1=O. The number of urea groups is 1. The number of likely N-dealkylation sites (tertiary alicyclic amines) is 1. The molecule has 2 unspecified atom stereocenters. The third kappa shape index (κ3) is 4.14. The predicted octanol–water partition coefficient (Wildman–Crippen LogP) is 1.76. The van der Waals surface area contributed by atoms with Crippen LogP contribution >= 0.6 is 0 Å². The number of hydrogen-bond donors (Lipinski definition) is 1. The number of carbonyl (C=O) groups is 3. The largest absolute Gasteiger partial charge is 0.461 e. The Hall–Kier alpha value is -1.63. The number of nitrogens with one attached hydrogen (secondary N) is 1. The van der Waals surface area contributed by atoms with Gasteiger partial charge in [-0.15, -0.1) is 0 Å². The van der Waals surface area contributed by atoms with Crippen LogP contribution in [0.1, 0.15) is 53.9 Å². The van der Waals surface area contributed by atoms with Gasteiger partial charge in [0.05, 0.1) is 6.10 Å². The van der Waals surface area contributed by atoms with Gasteiger partial charge in [0.15, 0.2) is 0 Å². The van der Waals surface area contributed by atoms with Gasteiger partial charge in [-0.05, 0) is 39.0 Å². The zero-order chi connectivity index (χ0) is 18.8. The molecule has 7 nitrogen and oxygen atoms in total. The summed E-state index contributed by atoms with van der Waals surface area (Å²) in [5.74, 6) is -0.266. The summed E-state index contributed by atoms with van der Waals surface area (Å²) < 4.78 is 5.29. The minimum atomic E-state index is -0.908. The number of rotatable bonds is 6. The molecule has 0 bridgehead atoms. The predicted molar refractivity (Wildman–Crippen MR) is 93.9 cm³/mol. The lowest BCUT2D eigenvalue weighted by atomic mass is 9.87. The highest BCUT2D eigenvalue weighted by Crippen LogP contribution is 2.31. The third-order valence-corrected chi connectivity index (χ3v) is 5.15. The summed E-state index contributed by atoms with van der Waals surface area (Å²) in [6, 6.07) is -1.40. The highest BCUT2D eigenvalue weighted by Gasteiger charge is 2.54. The number of amides is 3. The first-order valence-electron chi connectivity index (χ1n) is 9.29. The molecule has 2 heterocycles. The lowest BCUT2D eigenvalue weighted by Crippen LogP contribution is -2.55.